The summed E-state index contributed by atoms with van der Waals surface area (Å²) in [5.41, 5.74) is -0.562. The van der Waals surface area contributed by atoms with Gasteiger partial charge in [-0.25, -0.2) is 19.1 Å². The van der Waals surface area contributed by atoms with Crippen LogP contribution in [-0.4, -0.2) is 91.8 Å². The largest absolute Gasteiger partial charge is 0.444 e. The molecule has 2 amide bonds. The van der Waals surface area contributed by atoms with Crippen LogP contribution in [0.4, 0.5) is 22.8 Å². The number of rotatable bonds is 3. The third kappa shape index (κ3) is 7.40. The zero-order valence-electron chi connectivity index (χ0n) is 29.0. The van der Waals surface area contributed by atoms with E-state index in [4.69, 9.17) is 14.2 Å². The highest BCUT2D eigenvalue weighted by Crippen LogP contribution is 2.39. The molecular weight excluding hydrogens is 645 g/mol. The first-order valence-corrected chi connectivity index (χ1v) is 16.1. The standard InChI is InChI=1S/C35H43F3N4O7/c1-20-17-42(31(45)49-33(5,6)7)28-24(20)15-23(16-39-28)22-13-21-9-10-40(29(43)34(8,46)35(36,37)38)18-26(21)25(14-22)27-19-47-12-11-41(27)30(44)48-32(2,3)4/h13-17,27,46H,9-12,18-19H2,1-8H3. The van der Waals surface area contributed by atoms with Gasteiger partial charge in [-0.3, -0.25) is 9.69 Å². The summed E-state index contributed by atoms with van der Waals surface area (Å²) in [6, 6.07) is 4.93. The Kier molecular flexibility index (Phi) is 9.30. The fourth-order valence-electron chi connectivity index (χ4n) is 6.04. The smallest absolute Gasteiger partial charge is 0.426 e. The second kappa shape index (κ2) is 12.6. The summed E-state index contributed by atoms with van der Waals surface area (Å²) in [5, 5.41) is 10.9. The Hall–Kier alpha value is -4.17. The highest BCUT2D eigenvalue weighted by atomic mass is 19.4. The summed E-state index contributed by atoms with van der Waals surface area (Å²) in [4.78, 5) is 46.6. The van der Waals surface area contributed by atoms with Crippen LogP contribution in [-0.2, 0) is 32.0 Å². The number of carbonyl (C=O) groups is 3. The van der Waals surface area contributed by atoms with Gasteiger partial charge in [-0.15, -0.1) is 0 Å². The zero-order valence-corrected chi connectivity index (χ0v) is 29.0. The van der Waals surface area contributed by atoms with Crippen LogP contribution < -0.4 is 0 Å². The van der Waals surface area contributed by atoms with Crippen LogP contribution in [0.25, 0.3) is 22.2 Å². The van der Waals surface area contributed by atoms with Gasteiger partial charge in [-0.2, -0.15) is 13.2 Å². The number of hydrogen-bond acceptors (Lipinski definition) is 8. The molecule has 2 aliphatic heterocycles. The van der Waals surface area contributed by atoms with Gasteiger partial charge in [0, 0.05) is 43.0 Å². The lowest BCUT2D eigenvalue weighted by molar-refractivity contribution is -0.250. The predicted octanol–water partition coefficient (Wildman–Crippen LogP) is 6.30. The molecule has 1 aromatic carbocycles. The molecule has 4 heterocycles. The number of fused-ring (bicyclic) bond motifs is 2. The summed E-state index contributed by atoms with van der Waals surface area (Å²) >= 11 is 0. The maximum Gasteiger partial charge on any atom is 0.426 e. The molecule has 1 fully saturated rings. The van der Waals surface area contributed by atoms with Crippen molar-refractivity contribution in [3.05, 3.63) is 52.8 Å². The van der Waals surface area contributed by atoms with E-state index in [0.717, 1.165) is 16.0 Å². The Morgan fingerprint density at radius 3 is 2.22 bits per heavy atom. The van der Waals surface area contributed by atoms with E-state index in [9.17, 15) is 32.7 Å². The molecule has 49 heavy (non-hydrogen) atoms. The Labute approximate surface area is 282 Å². The molecule has 14 heteroatoms. The van der Waals surface area contributed by atoms with Gasteiger partial charge in [0.15, 0.2) is 0 Å². The minimum absolute atomic E-state index is 0.0625. The SMILES string of the molecule is Cc1cn(C(=O)OC(C)(C)C)c2ncc(-c3cc4c(c(C5COCCN5C(=O)OC(C)(C)C)c3)CN(C(=O)C(C)(O)C(F)(F)F)CC4)cc12. The summed E-state index contributed by atoms with van der Waals surface area (Å²) < 4.78 is 59.4. The molecule has 2 atom stereocenters. The molecule has 0 bridgehead atoms. The van der Waals surface area contributed by atoms with E-state index in [1.54, 1.807) is 53.9 Å². The molecule has 3 aromatic rings. The maximum absolute atomic E-state index is 13.7. The number of pyridine rings is 1. The summed E-state index contributed by atoms with van der Waals surface area (Å²) in [6.07, 6.45) is -2.84. The van der Waals surface area contributed by atoms with Gasteiger partial charge in [0.1, 0.15) is 16.8 Å². The van der Waals surface area contributed by atoms with E-state index in [2.05, 4.69) is 4.98 Å². The first kappa shape index (κ1) is 36.1. The first-order chi connectivity index (χ1) is 22.6. The average molecular weight is 689 g/mol. The Morgan fingerprint density at radius 1 is 0.939 bits per heavy atom. The monoisotopic (exact) mass is 688 g/mol. The predicted molar refractivity (Wildman–Crippen MR) is 174 cm³/mol. The van der Waals surface area contributed by atoms with Crippen molar-refractivity contribution in [1.29, 1.82) is 0 Å². The van der Waals surface area contributed by atoms with Crippen LogP contribution in [0.15, 0.2) is 30.6 Å². The fourth-order valence-corrected chi connectivity index (χ4v) is 6.04. The second-order valence-corrected chi connectivity index (χ2v) is 14.8. The van der Waals surface area contributed by atoms with Crippen LogP contribution in [0.3, 0.4) is 0 Å². The van der Waals surface area contributed by atoms with Gasteiger partial charge < -0.3 is 24.2 Å². The van der Waals surface area contributed by atoms with Crippen LogP contribution in [0.2, 0.25) is 0 Å². The number of alkyl halides is 3. The Morgan fingerprint density at radius 2 is 1.59 bits per heavy atom. The lowest BCUT2D eigenvalue weighted by atomic mass is 9.86. The van der Waals surface area contributed by atoms with E-state index in [0.29, 0.717) is 40.2 Å². The molecule has 2 aromatic heterocycles. The van der Waals surface area contributed by atoms with Crippen molar-refractivity contribution >= 4 is 29.1 Å². The topological polar surface area (TPSA) is 123 Å². The number of halogens is 3. The van der Waals surface area contributed by atoms with E-state index in [-0.39, 0.29) is 39.3 Å². The van der Waals surface area contributed by atoms with Gasteiger partial charge in [-0.05, 0) is 102 Å². The second-order valence-electron chi connectivity index (χ2n) is 14.8. The molecule has 5 rings (SSSR count). The molecule has 1 N–H and O–H groups in total. The number of ether oxygens (including phenoxy) is 3. The fraction of sp³-hybridized carbons (Fsp3) is 0.543. The third-order valence-corrected chi connectivity index (χ3v) is 8.51. The molecule has 2 unspecified atom stereocenters. The number of benzene rings is 1. The molecule has 0 spiro atoms. The quantitative estimate of drug-likeness (QED) is 0.340. The number of aromatic nitrogens is 2. The molecular formula is C35H43F3N4O7. The molecule has 2 aliphatic rings. The van der Waals surface area contributed by atoms with Crippen molar-refractivity contribution in [3.63, 3.8) is 0 Å². The lowest BCUT2D eigenvalue weighted by Crippen LogP contribution is -2.57. The van der Waals surface area contributed by atoms with E-state index < -0.39 is 47.1 Å². The maximum atomic E-state index is 13.7. The number of carbonyl (C=O) groups excluding carboxylic acids is 3. The number of aliphatic hydroxyl groups is 1. The highest BCUT2D eigenvalue weighted by Gasteiger charge is 2.57. The number of morpholine rings is 1. The number of amides is 2. The molecule has 266 valence electrons. The van der Waals surface area contributed by atoms with Gasteiger partial charge in [0.05, 0.1) is 19.3 Å². The summed E-state index contributed by atoms with van der Waals surface area (Å²) in [6.45, 7) is 13.1. The molecule has 0 radical (unpaired) electrons. The van der Waals surface area contributed by atoms with Gasteiger partial charge >= 0.3 is 18.4 Å². The van der Waals surface area contributed by atoms with Crippen LogP contribution in [0, 0.1) is 6.92 Å². The molecule has 1 saturated heterocycles. The number of aryl methyl sites for hydroxylation is 1. The minimum atomic E-state index is -5.17. The Bertz CT molecular complexity index is 1790. The van der Waals surface area contributed by atoms with Crippen molar-refractivity contribution in [3.8, 4) is 11.1 Å². The van der Waals surface area contributed by atoms with Crippen molar-refractivity contribution < 1.29 is 46.9 Å². The lowest BCUT2D eigenvalue weighted by Gasteiger charge is -2.40. The third-order valence-electron chi connectivity index (χ3n) is 8.51. The van der Waals surface area contributed by atoms with Crippen molar-refractivity contribution in [2.24, 2.45) is 0 Å². The Balaban J connectivity index is 1.61. The van der Waals surface area contributed by atoms with Crippen LogP contribution in [0.5, 0.6) is 0 Å². The van der Waals surface area contributed by atoms with Gasteiger partial charge in [-0.1, -0.05) is 6.07 Å². The van der Waals surface area contributed by atoms with E-state index in [1.165, 1.54) is 9.47 Å². The zero-order chi connectivity index (χ0) is 36.3. The summed E-state index contributed by atoms with van der Waals surface area (Å²) in [5.74, 6) is -1.45. The van der Waals surface area contributed by atoms with Crippen molar-refractivity contribution in [2.75, 3.05) is 26.3 Å². The van der Waals surface area contributed by atoms with Crippen LogP contribution >= 0.6 is 0 Å². The van der Waals surface area contributed by atoms with E-state index in [1.807, 2.05) is 25.1 Å². The first-order valence-electron chi connectivity index (χ1n) is 16.1. The molecule has 11 nitrogen and oxygen atoms in total. The van der Waals surface area contributed by atoms with Crippen molar-refractivity contribution in [1.82, 2.24) is 19.4 Å². The van der Waals surface area contributed by atoms with E-state index >= 15 is 0 Å². The van der Waals surface area contributed by atoms with Crippen LogP contribution in [0.1, 0.15) is 76.8 Å². The van der Waals surface area contributed by atoms with Gasteiger partial charge in [0.2, 0.25) is 5.60 Å². The summed E-state index contributed by atoms with van der Waals surface area (Å²) in [7, 11) is 0. The normalized spacial score (nSPS) is 18.6. The van der Waals surface area contributed by atoms with Gasteiger partial charge in [0.25, 0.3) is 5.91 Å². The number of hydrogen-bond donors (Lipinski definition) is 1. The molecule has 0 aliphatic carbocycles. The number of nitrogens with zero attached hydrogens (tertiary/aromatic N) is 4. The minimum Gasteiger partial charge on any atom is -0.444 e. The molecule has 0 saturated carbocycles. The average Bonchev–Trinajstić information content (AvgIpc) is 3.33. The highest BCUT2D eigenvalue weighted by molar-refractivity contribution is 5.92. The van der Waals surface area contributed by atoms with Crippen molar-refractivity contribution in [2.45, 2.75) is 97.4 Å².